The van der Waals surface area contributed by atoms with E-state index < -0.39 is 0 Å². The van der Waals surface area contributed by atoms with Crippen molar-refractivity contribution in [1.29, 1.82) is 0 Å². The van der Waals surface area contributed by atoms with Crippen LogP contribution in [0.4, 0.5) is 0 Å². The highest BCUT2D eigenvalue weighted by Gasteiger charge is 2.18. The molecule has 0 saturated heterocycles. The van der Waals surface area contributed by atoms with E-state index in [-0.39, 0.29) is 5.54 Å². The van der Waals surface area contributed by atoms with E-state index in [2.05, 4.69) is 25.8 Å². The predicted molar refractivity (Wildman–Crippen MR) is 62.3 cm³/mol. The largest absolute Gasteiger partial charge is 0.324 e. The maximum Gasteiger partial charge on any atom is 0.0225 e. The Hall–Kier alpha value is -0.0800. The van der Waals surface area contributed by atoms with Gasteiger partial charge < -0.3 is 10.6 Å². The van der Waals surface area contributed by atoms with Crippen LogP contribution in [0.15, 0.2) is 0 Å². The van der Waals surface area contributed by atoms with E-state index in [1.165, 1.54) is 38.6 Å². The third kappa shape index (κ3) is 4.97. The van der Waals surface area contributed by atoms with Crippen LogP contribution >= 0.6 is 0 Å². The van der Waals surface area contributed by atoms with Crippen molar-refractivity contribution in [3.05, 3.63) is 0 Å². The quantitative estimate of drug-likeness (QED) is 0.750. The van der Waals surface area contributed by atoms with Crippen molar-refractivity contribution >= 4 is 0 Å². The van der Waals surface area contributed by atoms with E-state index in [0.717, 1.165) is 12.5 Å². The molecule has 2 heteroatoms. The Morgan fingerprint density at radius 2 is 1.79 bits per heavy atom. The van der Waals surface area contributed by atoms with Crippen molar-refractivity contribution in [3.63, 3.8) is 0 Å². The Labute approximate surface area is 88.8 Å². The minimum absolute atomic E-state index is 0.0522. The second-order valence-corrected chi connectivity index (χ2v) is 5.69. The van der Waals surface area contributed by atoms with Crippen molar-refractivity contribution in [3.8, 4) is 0 Å². The van der Waals surface area contributed by atoms with Gasteiger partial charge in [0, 0.05) is 18.6 Å². The summed E-state index contributed by atoms with van der Waals surface area (Å²) in [7, 11) is 2.20. The highest BCUT2D eigenvalue weighted by molar-refractivity contribution is 4.77. The van der Waals surface area contributed by atoms with Gasteiger partial charge in [-0.05, 0) is 39.7 Å². The fraction of sp³-hybridized carbons (Fsp3) is 1.00. The molecule has 1 saturated carbocycles. The summed E-state index contributed by atoms with van der Waals surface area (Å²) < 4.78 is 0. The molecule has 0 radical (unpaired) electrons. The van der Waals surface area contributed by atoms with Gasteiger partial charge in [-0.1, -0.05) is 19.3 Å². The molecule has 2 nitrogen and oxygen atoms in total. The Kier molecular flexibility index (Phi) is 4.39. The summed E-state index contributed by atoms with van der Waals surface area (Å²) in [5.41, 5.74) is 5.95. The standard InChI is InChI=1S/C12H26N2/c1-12(2,13)10-14(3)9-11-7-5-4-6-8-11/h11H,4-10,13H2,1-3H3. The molecule has 14 heavy (non-hydrogen) atoms. The van der Waals surface area contributed by atoms with Gasteiger partial charge in [0.25, 0.3) is 0 Å². The average molecular weight is 198 g/mol. The maximum atomic E-state index is 6.00. The van der Waals surface area contributed by atoms with Crippen LogP contribution in [0.5, 0.6) is 0 Å². The van der Waals surface area contributed by atoms with E-state index >= 15 is 0 Å². The Morgan fingerprint density at radius 3 is 2.29 bits per heavy atom. The molecule has 1 aliphatic rings. The molecule has 1 rings (SSSR count). The van der Waals surface area contributed by atoms with E-state index in [1.54, 1.807) is 0 Å². The van der Waals surface area contributed by atoms with Gasteiger partial charge in [-0.3, -0.25) is 0 Å². The number of hydrogen-bond acceptors (Lipinski definition) is 2. The van der Waals surface area contributed by atoms with Crippen LogP contribution in [0.25, 0.3) is 0 Å². The Morgan fingerprint density at radius 1 is 1.21 bits per heavy atom. The zero-order chi connectivity index (χ0) is 10.6. The lowest BCUT2D eigenvalue weighted by molar-refractivity contribution is 0.205. The average Bonchev–Trinajstić information content (AvgIpc) is 2.02. The third-order valence-electron chi connectivity index (χ3n) is 2.97. The van der Waals surface area contributed by atoms with Gasteiger partial charge in [0.1, 0.15) is 0 Å². The highest BCUT2D eigenvalue weighted by Crippen LogP contribution is 2.24. The summed E-state index contributed by atoms with van der Waals surface area (Å²) in [6, 6.07) is 0. The molecule has 84 valence electrons. The van der Waals surface area contributed by atoms with Crippen LogP contribution in [0.3, 0.4) is 0 Å². The normalized spacial score (nSPS) is 20.4. The van der Waals surface area contributed by atoms with Crippen molar-refractivity contribution in [2.45, 2.75) is 51.5 Å². The van der Waals surface area contributed by atoms with E-state index in [4.69, 9.17) is 5.73 Å². The van der Waals surface area contributed by atoms with Gasteiger partial charge in [-0.25, -0.2) is 0 Å². The molecular formula is C12H26N2. The molecule has 1 fully saturated rings. The summed E-state index contributed by atoms with van der Waals surface area (Å²) in [6.07, 6.45) is 7.17. The number of hydrogen-bond donors (Lipinski definition) is 1. The molecule has 0 aromatic heterocycles. The van der Waals surface area contributed by atoms with Gasteiger partial charge in [0.05, 0.1) is 0 Å². The molecule has 0 aromatic carbocycles. The summed E-state index contributed by atoms with van der Waals surface area (Å²) in [6.45, 7) is 6.44. The minimum Gasteiger partial charge on any atom is -0.324 e. The van der Waals surface area contributed by atoms with Crippen LogP contribution in [-0.2, 0) is 0 Å². The van der Waals surface area contributed by atoms with Gasteiger partial charge in [0.15, 0.2) is 0 Å². The molecule has 0 amide bonds. The second-order valence-electron chi connectivity index (χ2n) is 5.69. The van der Waals surface area contributed by atoms with Crippen LogP contribution in [0.2, 0.25) is 0 Å². The van der Waals surface area contributed by atoms with Gasteiger partial charge in [-0.15, -0.1) is 0 Å². The first-order valence-corrected chi connectivity index (χ1v) is 5.95. The van der Waals surface area contributed by atoms with Crippen LogP contribution in [-0.4, -0.2) is 30.6 Å². The Bertz CT molecular complexity index is 154. The lowest BCUT2D eigenvalue weighted by Gasteiger charge is -2.31. The SMILES string of the molecule is CN(CC1CCCCC1)CC(C)(C)N. The van der Waals surface area contributed by atoms with Crippen LogP contribution < -0.4 is 5.73 Å². The molecular weight excluding hydrogens is 172 g/mol. The fourth-order valence-corrected chi connectivity index (χ4v) is 2.57. The molecule has 0 bridgehead atoms. The topological polar surface area (TPSA) is 29.3 Å². The summed E-state index contributed by atoms with van der Waals surface area (Å²) in [5, 5.41) is 0. The van der Waals surface area contributed by atoms with Crippen LogP contribution in [0.1, 0.15) is 46.0 Å². The predicted octanol–water partition coefficient (Wildman–Crippen LogP) is 2.24. The van der Waals surface area contributed by atoms with E-state index in [9.17, 15) is 0 Å². The van der Waals surface area contributed by atoms with E-state index in [1.807, 2.05) is 0 Å². The monoisotopic (exact) mass is 198 g/mol. The lowest BCUT2D eigenvalue weighted by Crippen LogP contribution is -2.45. The third-order valence-corrected chi connectivity index (χ3v) is 2.97. The fourth-order valence-electron chi connectivity index (χ4n) is 2.57. The zero-order valence-electron chi connectivity index (χ0n) is 10.1. The molecule has 0 atom stereocenters. The molecule has 0 aliphatic heterocycles. The first-order valence-electron chi connectivity index (χ1n) is 5.95. The summed E-state index contributed by atoms with van der Waals surface area (Å²) in [4.78, 5) is 2.40. The highest BCUT2D eigenvalue weighted by atomic mass is 15.1. The van der Waals surface area contributed by atoms with Gasteiger partial charge in [-0.2, -0.15) is 0 Å². The molecule has 0 unspecified atom stereocenters. The summed E-state index contributed by atoms with van der Waals surface area (Å²) >= 11 is 0. The van der Waals surface area contributed by atoms with E-state index in [0.29, 0.717) is 0 Å². The molecule has 0 aromatic rings. The lowest BCUT2D eigenvalue weighted by atomic mass is 9.89. The van der Waals surface area contributed by atoms with Gasteiger partial charge >= 0.3 is 0 Å². The first-order chi connectivity index (χ1) is 6.47. The van der Waals surface area contributed by atoms with Crippen molar-refractivity contribution < 1.29 is 0 Å². The number of nitrogens with two attached hydrogens (primary N) is 1. The van der Waals surface area contributed by atoms with Crippen molar-refractivity contribution in [1.82, 2.24) is 4.90 Å². The van der Waals surface area contributed by atoms with Gasteiger partial charge in [0.2, 0.25) is 0 Å². The molecule has 0 spiro atoms. The minimum atomic E-state index is -0.0522. The number of rotatable bonds is 4. The number of likely N-dealkylation sites (N-methyl/N-ethyl adjacent to an activating group) is 1. The molecule has 2 N–H and O–H groups in total. The second kappa shape index (κ2) is 5.13. The molecule has 1 aliphatic carbocycles. The summed E-state index contributed by atoms with van der Waals surface area (Å²) in [5.74, 6) is 0.927. The first kappa shape index (κ1) is 12.0. The Balaban J connectivity index is 2.21. The number of nitrogens with zero attached hydrogens (tertiary/aromatic N) is 1. The van der Waals surface area contributed by atoms with Crippen LogP contribution in [0, 0.1) is 5.92 Å². The smallest absolute Gasteiger partial charge is 0.0225 e. The van der Waals surface area contributed by atoms with Crippen molar-refractivity contribution in [2.24, 2.45) is 11.7 Å². The zero-order valence-corrected chi connectivity index (χ0v) is 10.1. The molecule has 0 heterocycles. The maximum absolute atomic E-state index is 6.00. The van der Waals surface area contributed by atoms with Crippen molar-refractivity contribution in [2.75, 3.05) is 20.1 Å².